The average Bonchev–Trinajstić information content (AvgIpc) is 2.92. The van der Waals surface area contributed by atoms with E-state index in [4.69, 9.17) is 9.47 Å². The normalized spacial score (nSPS) is 26.7. The van der Waals surface area contributed by atoms with E-state index in [1.165, 1.54) is 0 Å². The lowest BCUT2D eigenvalue weighted by atomic mass is 9.69. The van der Waals surface area contributed by atoms with Gasteiger partial charge in [-0.2, -0.15) is 0 Å². The van der Waals surface area contributed by atoms with Crippen molar-refractivity contribution in [1.82, 2.24) is 15.5 Å². The Labute approximate surface area is 157 Å². The molecule has 0 saturated carbocycles. The van der Waals surface area contributed by atoms with Crippen LogP contribution < -0.4 is 10.6 Å². The molecule has 2 aliphatic rings. The summed E-state index contributed by atoms with van der Waals surface area (Å²) in [6.45, 7) is 14.8. The molecule has 2 fully saturated rings. The van der Waals surface area contributed by atoms with Crippen LogP contribution in [0.1, 0.15) is 54.4 Å². The van der Waals surface area contributed by atoms with Gasteiger partial charge in [-0.25, -0.2) is 9.59 Å². The third-order valence-corrected chi connectivity index (χ3v) is 5.01. The first-order valence-corrected chi connectivity index (χ1v) is 9.56. The van der Waals surface area contributed by atoms with E-state index < -0.39 is 17.3 Å². The second-order valence-corrected chi connectivity index (χ2v) is 9.55. The lowest BCUT2D eigenvalue weighted by Crippen LogP contribution is -2.54. The summed E-state index contributed by atoms with van der Waals surface area (Å²) in [4.78, 5) is 26.3. The zero-order valence-electron chi connectivity index (χ0n) is 17.1. The molecule has 2 atom stereocenters. The summed E-state index contributed by atoms with van der Waals surface area (Å²) in [7, 11) is 0. The molecule has 2 amide bonds. The highest BCUT2D eigenvalue weighted by atomic mass is 16.6. The molecule has 2 N–H and O–H groups in total. The molecule has 0 aromatic rings. The molecule has 1 spiro atoms. The van der Waals surface area contributed by atoms with Crippen LogP contribution in [-0.2, 0) is 9.47 Å². The van der Waals surface area contributed by atoms with Gasteiger partial charge in [-0.15, -0.1) is 0 Å². The van der Waals surface area contributed by atoms with Crippen molar-refractivity contribution in [2.75, 3.05) is 32.7 Å². The van der Waals surface area contributed by atoms with Crippen molar-refractivity contribution in [1.29, 1.82) is 0 Å². The number of nitrogens with zero attached hydrogens (tertiary/aromatic N) is 1. The second kappa shape index (κ2) is 7.62. The van der Waals surface area contributed by atoms with Gasteiger partial charge in [0.05, 0.1) is 0 Å². The minimum atomic E-state index is -0.522. The Hall–Kier alpha value is -1.50. The zero-order chi connectivity index (χ0) is 19.6. The highest BCUT2D eigenvalue weighted by Crippen LogP contribution is 2.41. The maximum Gasteiger partial charge on any atom is 0.410 e. The molecule has 0 aromatic heterocycles. The molecule has 0 bridgehead atoms. The Morgan fingerprint density at radius 3 is 2.31 bits per heavy atom. The Morgan fingerprint density at radius 1 is 1.12 bits per heavy atom. The van der Waals surface area contributed by atoms with E-state index in [9.17, 15) is 9.59 Å². The summed E-state index contributed by atoms with van der Waals surface area (Å²) in [5.41, 5.74) is -0.912. The lowest BCUT2D eigenvalue weighted by Gasteiger charge is -2.45. The van der Waals surface area contributed by atoms with Crippen molar-refractivity contribution in [3.8, 4) is 0 Å². The monoisotopic (exact) mass is 369 g/mol. The smallest absolute Gasteiger partial charge is 0.410 e. The zero-order valence-corrected chi connectivity index (χ0v) is 17.1. The topological polar surface area (TPSA) is 79.9 Å². The third kappa shape index (κ3) is 5.76. The van der Waals surface area contributed by atoms with Crippen LogP contribution in [0.3, 0.4) is 0 Å². The molecular weight excluding hydrogens is 334 g/mol. The number of likely N-dealkylation sites (tertiary alicyclic amines) is 1. The molecule has 26 heavy (non-hydrogen) atoms. The second-order valence-electron chi connectivity index (χ2n) is 9.55. The molecule has 2 aliphatic heterocycles. The maximum absolute atomic E-state index is 12.5. The van der Waals surface area contributed by atoms with E-state index in [2.05, 4.69) is 10.6 Å². The number of amides is 2. The fourth-order valence-corrected chi connectivity index (χ4v) is 3.73. The lowest BCUT2D eigenvalue weighted by molar-refractivity contribution is -0.00532. The number of alkyl carbamates (subject to hydrolysis) is 1. The van der Waals surface area contributed by atoms with E-state index in [1.807, 2.05) is 41.5 Å². The summed E-state index contributed by atoms with van der Waals surface area (Å²) >= 11 is 0. The van der Waals surface area contributed by atoms with Crippen LogP contribution in [0.5, 0.6) is 0 Å². The van der Waals surface area contributed by atoms with Gasteiger partial charge in [0.25, 0.3) is 0 Å². The number of nitrogens with one attached hydrogen (secondary N) is 2. The van der Waals surface area contributed by atoms with Crippen LogP contribution in [0.4, 0.5) is 9.59 Å². The van der Waals surface area contributed by atoms with Gasteiger partial charge >= 0.3 is 12.2 Å². The highest BCUT2D eigenvalue weighted by molar-refractivity contribution is 5.69. The summed E-state index contributed by atoms with van der Waals surface area (Å²) in [6.07, 6.45) is 1.30. The van der Waals surface area contributed by atoms with Crippen molar-refractivity contribution in [3.05, 3.63) is 0 Å². The number of hydrogen-bond acceptors (Lipinski definition) is 5. The molecule has 7 nitrogen and oxygen atoms in total. The van der Waals surface area contributed by atoms with Crippen molar-refractivity contribution >= 4 is 12.2 Å². The van der Waals surface area contributed by atoms with Gasteiger partial charge in [0.1, 0.15) is 11.2 Å². The first kappa shape index (κ1) is 20.8. The Morgan fingerprint density at radius 2 is 1.77 bits per heavy atom. The van der Waals surface area contributed by atoms with E-state index in [-0.39, 0.29) is 17.4 Å². The number of piperidine rings is 1. The number of carbonyl (C=O) groups is 2. The largest absolute Gasteiger partial charge is 0.444 e. The Balaban J connectivity index is 2.00. The number of carbonyl (C=O) groups excluding carboxylic acids is 2. The van der Waals surface area contributed by atoms with Gasteiger partial charge in [-0.3, -0.25) is 0 Å². The molecule has 0 aliphatic carbocycles. The SMILES string of the molecule is CC(C)(C)OC(=O)NCC1CN(C(=O)OC(C)(C)C)CCC12CCNC2. The Kier molecular flexibility index (Phi) is 6.10. The molecule has 2 saturated heterocycles. The minimum Gasteiger partial charge on any atom is -0.444 e. The van der Waals surface area contributed by atoms with Crippen LogP contribution in [0.15, 0.2) is 0 Å². The van der Waals surface area contributed by atoms with Gasteiger partial charge < -0.3 is 25.0 Å². The van der Waals surface area contributed by atoms with Crippen LogP contribution in [0.2, 0.25) is 0 Å². The fourth-order valence-electron chi connectivity index (χ4n) is 3.73. The van der Waals surface area contributed by atoms with E-state index >= 15 is 0 Å². The van der Waals surface area contributed by atoms with E-state index in [1.54, 1.807) is 4.90 Å². The van der Waals surface area contributed by atoms with Crippen molar-refractivity contribution in [2.24, 2.45) is 11.3 Å². The molecule has 7 heteroatoms. The van der Waals surface area contributed by atoms with Crippen molar-refractivity contribution in [2.45, 2.75) is 65.6 Å². The van der Waals surface area contributed by atoms with Gasteiger partial charge in [0, 0.05) is 32.1 Å². The van der Waals surface area contributed by atoms with Crippen molar-refractivity contribution in [3.63, 3.8) is 0 Å². The number of hydrogen-bond donors (Lipinski definition) is 2. The predicted molar refractivity (Wildman–Crippen MR) is 100 cm³/mol. The molecule has 150 valence electrons. The molecular formula is C19H35N3O4. The number of rotatable bonds is 2. The molecule has 2 rings (SSSR count). The highest BCUT2D eigenvalue weighted by Gasteiger charge is 2.46. The molecule has 0 aromatic carbocycles. The molecule has 0 radical (unpaired) electrons. The predicted octanol–water partition coefficient (Wildman–Crippen LogP) is 2.75. The summed E-state index contributed by atoms with van der Waals surface area (Å²) in [5, 5.41) is 6.34. The van der Waals surface area contributed by atoms with Crippen molar-refractivity contribution < 1.29 is 19.1 Å². The van der Waals surface area contributed by atoms with E-state index in [0.29, 0.717) is 19.6 Å². The summed E-state index contributed by atoms with van der Waals surface area (Å²) in [5.74, 6) is 0.172. The van der Waals surface area contributed by atoms with Gasteiger partial charge in [-0.05, 0) is 66.3 Å². The first-order chi connectivity index (χ1) is 11.9. The summed E-state index contributed by atoms with van der Waals surface area (Å²) < 4.78 is 10.9. The average molecular weight is 370 g/mol. The van der Waals surface area contributed by atoms with Crippen LogP contribution in [-0.4, -0.2) is 61.0 Å². The third-order valence-electron chi connectivity index (χ3n) is 5.01. The standard InChI is InChI=1S/C19H35N3O4/c1-17(2,3)25-15(23)21-11-14-12-22(16(24)26-18(4,5)6)10-8-19(14)7-9-20-13-19/h14,20H,7-13H2,1-6H3,(H,21,23). The molecule has 2 unspecified atom stereocenters. The minimum absolute atomic E-state index is 0.119. The molecule has 2 heterocycles. The number of ether oxygens (including phenoxy) is 2. The van der Waals surface area contributed by atoms with Gasteiger partial charge in [0.15, 0.2) is 0 Å². The van der Waals surface area contributed by atoms with E-state index in [0.717, 1.165) is 25.9 Å². The van der Waals surface area contributed by atoms with Crippen LogP contribution in [0.25, 0.3) is 0 Å². The summed E-state index contributed by atoms with van der Waals surface area (Å²) in [6, 6.07) is 0. The first-order valence-electron chi connectivity index (χ1n) is 9.56. The maximum atomic E-state index is 12.5. The van der Waals surface area contributed by atoms with Crippen LogP contribution in [0, 0.1) is 11.3 Å². The Bertz CT molecular complexity index is 516. The van der Waals surface area contributed by atoms with Gasteiger partial charge in [0.2, 0.25) is 0 Å². The quantitative estimate of drug-likeness (QED) is 0.782. The van der Waals surface area contributed by atoms with Crippen LogP contribution >= 0.6 is 0 Å². The fraction of sp³-hybridized carbons (Fsp3) is 0.895. The van der Waals surface area contributed by atoms with Gasteiger partial charge in [-0.1, -0.05) is 0 Å².